The first-order chi connectivity index (χ1) is 11.1. The van der Waals surface area contributed by atoms with Crippen LogP contribution in [0.2, 0.25) is 0 Å². The van der Waals surface area contributed by atoms with Gasteiger partial charge in [-0.1, -0.05) is 67.8 Å². The molecule has 0 unspecified atom stereocenters. The van der Waals surface area contributed by atoms with Gasteiger partial charge in [0.1, 0.15) is 0 Å². The van der Waals surface area contributed by atoms with Crippen molar-refractivity contribution in [1.82, 2.24) is 10.2 Å². The van der Waals surface area contributed by atoms with Gasteiger partial charge in [-0.3, -0.25) is 4.79 Å². The lowest BCUT2D eigenvalue weighted by Gasteiger charge is -2.08. The molecule has 4 nitrogen and oxygen atoms in total. The van der Waals surface area contributed by atoms with Gasteiger partial charge in [0.2, 0.25) is 5.91 Å². The Balaban J connectivity index is 1.79. The summed E-state index contributed by atoms with van der Waals surface area (Å²) >= 11 is 4.69. The molecule has 0 fully saturated rings. The Morgan fingerprint density at radius 1 is 1.17 bits per heavy atom. The van der Waals surface area contributed by atoms with Crippen LogP contribution in [0.1, 0.15) is 38.7 Å². The largest absolute Gasteiger partial charge is 0.325 e. The summed E-state index contributed by atoms with van der Waals surface area (Å²) in [6, 6.07) is 8.00. The molecule has 0 aliphatic heterocycles. The number of thioether (sulfide) groups is 2. The van der Waals surface area contributed by atoms with Crippen LogP contribution in [-0.2, 0) is 4.79 Å². The molecule has 0 atom stereocenters. The molecule has 1 aromatic carbocycles. The van der Waals surface area contributed by atoms with Crippen molar-refractivity contribution in [3.63, 3.8) is 0 Å². The van der Waals surface area contributed by atoms with Gasteiger partial charge in [-0.05, 0) is 30.0 Å². The number of benzene rings is 1. The summed E-state index contributed by atoms with van der Waals surface area (Å²) in [5.41, 5.74) is 2.10. The third kappa shape index (κ3) is 6.16. The number of carbonyl (C=O) groups excluding carboxylic acids is 1. The second-order valence-electron chi connectivity index (χ2n) is 5.30. The second-order valence-corrected chi connectivity index (χ2v) is 8.84. The smallest absolute Gasteiger partial charge is 0.234 e. The maximum absolute atomic E-state index is 12.0. The molecular formula is C16H21N3OS3. The highest BCUT2D eigenvalue weighted by molar-refractivity contribution is 8.03. The molecule has 1 heterocycles. The summed E-state index contributed by atoms with van der Waals surface area (Å²) in [6.45, 7) is 6.44. The minimum absolute atomic E-state index is 0.0229. The first kappa shape index (κ1) is 18.3. The Morgan fingerprint density at radius 3 is 2.43 bits per heavy atom. The van der Waals surface area contributed by atoms with Crippen LogP contribution >= 0.6 is 34.9 Å². The summed E-state index contributed by atoms with van der Waals surface area (Å²) in [7, 11) is 0. The Kier molecular flexibility index (Phi) is 7.39. The van der Waals surface area contributed by atoms with E-state index in [4.69, 9.17) is 0 Å². The van der Waals surface area contributed by atoms with Crippen molar-refractivity contribution in [2.45, 2.75) is 41.8 Å². The molecule has 0 aliphatic carbocycles. The molecule has 2 rings (SSSR count). The topological polar surface area (TPSA) is 54.9 Å². The quantitative estimate of drug-likeness (QED) is 0.673. The van der Waals surface area contributed by atoms with Gasteiger partial charge in [0, 0.05) is 11.4 Å². The fraction of sp³-hybridized carbons (Fsp3) is 0.438. The van der Waals surface area contributed by atoms with E-state index in [0.29, 0.717) is 11.7 Å². The number of amides is 1. The zero-order valence-electron chi connectivity index (χ0n) is 13.5. The van der Waals surface area contributed by atoms with Crippen LogP contribution in [0.15, 0.2) is 32.9 Å². The number of anilines is 1. The first-order valence-corrected chi connectivity index (χ1v) is 10.4. The average Bonchev–Trinajstić information content (AvgIpc) is 2.99. The van der Waals surface area contributed by atoms with Crippen LogP contribution in [-0.4, -0.2) is 27.6 Å². The molecule has 2 aromatic rings. The highest BCUT2D eigenvalue weighted by Gasteiger charge is 2.09. The van der Waals surface area contributed by atoms with E-state index in [2.05, 4.69) is 48.4 Å². The lowest BCUT2D eigenvalue weighted by atomic mass is 10.0. The Morgan fingerprint density at radius 2 is 1.83 bits per heavy atom. The van der Waals surface area contributed by atoms with Gasteiger partial charge in [-0.2, -0.15) is 0 Å². The van der Waals surface area contributed by atoms with E-state index in [1.807, 2.05) is 12.1 Å². The Bertz CT molecular complexity index is 626. The number of hydrogen-bond acceptors (Lipinski definition) is 6. The van der Waals surface area contributed by atoms with Crippen molar-refractivity contribution in [2.75, 3.05) is 16.8 Å². The number of aromatic nitrogens is 2. The average molecular weight is 368 g/mol. The van der Waals surface area contributed by atoms with Crippen molar-refractivity contribution in [1.29, 1.82) is 0 Å². The van der Waals surface area contributed by atoms with Gasteiger partial charge in [-0.25, -0.2) is 0 Å². The molecule has 7 heteroatoms. The summed E-state index contributed by atoms with van der Waals surface area (Å²) < 4.78 is 1.81. The Hall–Kier alpha value is -1.05. The van der Waals surface area contributed by atoms with Crippen molar-refractivity contribution < 1.29 is 4.79 Å². The standard InChI is InChI=1S/C16H21N3OS3/c1-4-9-21-15-18-19-16(23-15)22-10-14(20)17-13-7-5-12(6-8-13)11(2)3/h5-8,11H,4,9-10H2,1-3H3,(H,17,20). The summed E-state index contributed by atoms with van der Waals surface area (Å²) in [5.74, 6) is 1.86. The molecule has 0 saturated heterocycles. The van der Waals surface area contributed by atoms with Crippen LogP contribution < -0.4 is 5.32 Å². The van der Waals surface area contributed by atoms with E-state index >= 15 is 0 Å². The van der Waals surface area contributed by atoms with Crippen LogP contribution in [0, 0.1) is 0 Å². The molecule has 0 spiro atoms. The minimum atomic E-state index is -0.0229. The lowest BCUT2D eigenvalue weighted by Crippen LogP contribution is -2.13. The predicted molar refractivity (Wildman–Crippen MR) is 101 cm³/mol. The van der Waals surface area contributed by atoms with Crippen molar-refractivity contribution in [3.05, 3.63) is 29.8 Å². The molecule has 1 aromatic heterocycles. The molecule has 1 N–H and O–H groups in total. The van der Waals surface area contributed by atoms with Gasteiger partial charge >= 0.3 is 0 Å². The predicted octanol–water partition coefficient (Wildman–Crippen LogP) is 4.89. The third-order valence-electron chi connectivity index (χ3n) is 3.01. The first-order valence-electron chi connectivity index (χ1n) is 7.57. The molecule has 23 heavy (non-hydrogen) atoms. The van der Waals surface area contributed by atoms with E-state index in [1.54, 1.807) is 23.1 Å². The number of nitrogens with one attached hydrogen (secondary N) is 1. The second kappa shape index (κ2) is 9.30. The maximum Gasteiger partial charge on any atom is 0.234 e. The third-order valence-corrected chi connectivity index (χ3v) is 6.40. The summed E-state index contributed by atoms with van der Waals surface area (Å²) in [4.78, 5) is 12.0. The molecule has 124 valence electrons. The van der Waals surface area contributed by atoms with Gasteiger partial charge in [0.15, 0.2) is 8.68 Å². The highest BCUT2D eigenvalue weighted by atomic mass is 32.2. The maximum atomic E-state index is 12.0. The fourth-order valence-electron chi connectivity index (χ4n) is 1.78. The Labute approximate surface area is 149 Å². The van der Waals surface area contributed by atoms with E-state index < -0.39 is 0 Å². The van der Waals surface area contributed by atoms with Crippen LogP contribution in [0.4, 0.5) is 5.69 Å². The number of nitrogens with zero attached hydrogens (tertiary/aromatic N) is 2. The zero-order chi connectivity index (χ0) is 16.7. The molecule has 0 bridgehead atoms. The highest BCUT2D eigenvalue weighted by Crippen LogP contribution is 2.29. The van der Waals surface area contributed by atoms with Crippen molar-refractivity contribution >= 4 is 46.5 Å². The van der Waals surface area contributed by atoms with Crippen LogP contribution in [0.25, 0.3) is 0 Å². The van der Waals surface area contributed by atoms with Gasteiger partial charge in [0.05, 0.1) is 5.75 Å². The van der Waals surface area contributed by atoms with Crippen molar-refractivity contribution in [3.8, 4) is 0 Å². The van der Waals surface area contributed by atoms with E-state index in [-0.39, 0.29) is 5.91 Å². The number of rotatable bonds is 8. The van der Waals surface area contributed by atoms with E-state index in [1.165, 1.54) is 17.3 Å². The SMILES string of the molecule is CCCSc1nnc(SCC(=O)Nc2ccc(C(C)C)cc2)s1. The molecular weight excluding hydrogens is 346 g/mol. The van der Waals surface area contributed by atoms with Gasteiger partial charge in [-0.15, -0.1) is 10.2 Å². The molecule has 0 aliphatic rings. The lowest BCUT2D eigenvalue weighted by molar-refractivity contribution is -0.113. The van der Waals surface area contributed by atoms with Gasteiger partial charge in [0.25, 0.3) is 0 Å². The summed E-state index contributed by atoms with van der Waals surface area (Å²) in [6.07, 6.45) is 1.12. The van der Waals surface area contributed by atoms with E-state index in [0.717, 1.165) is 26.5 Å². The summed E-state index contributed by atoms with van der Waals surface area (Å²) in [5, 5.41) is 11.1. The molecule has 0 saturated carbocycles. The fourth-order valence-corrected chi connectivity index (χ4v) is 4.52. The molecule has 0 radical (unpaired) electrons. The minimum Gasteiger partial charge on any atom is -0.325 e. The zero-order valence-corrected chi connectivity index (χ0v) is 16.0. The van der Waals surface area contributed by atoms with Crippen LogP contribution in [0.3, 0.4) is 0 Å². The van der Waals surface area contributed by atoms with Crippen molar-refractivity contribution in [2.24, 2.45) is 0 Å². The number of hydrogen-bond donors (Lipinski definition) is 1. The van der Waals surface area contributed by atoms with E-state index in [9.17, 15) is 4.79 Å². The molecule has 1 amide bonds. The monoisotopic (exact) mass is 367 g/mol. The normalized spacial score (nSPS) is 11.0. The van der Waals surface area contributed by atoms with Crippen LogP contribution in [0.5, 0.6) is 0 Å². The number of carbonyl (C=O) groups is 1. The van der Waals surface area contributed by atoms with Gasteiger partial charge < -0.3 is 5.32 Å².